The molecule has 0 spiro atoms. The van der Waals surface area contributed by atoms with Gasteiger partial charge >= 0.3 is 0 Å². The van der Waals surface area contributed by atoms with Gasteiger partial charge in [0.1, 0.15) is 12.3 Å². The summed E-state index contributed by atoms with van der Waals surface area (Å²) in [5.41, 5.74) is 0.513. The van der Waals surface area contributed by atoms with Gasteiger partial charge in [0.25, 0.3) is 5.91 Å². The van der Waals surface area contributed by atoms with Crippen LogP contribution in [0.2, 0.25) is 10.0 Å². The third-order valence-corrected chi connectivity index (χ3v) is 5.17. The van der Waals surface area contributed by atoms with E-state index in [1.165, 1.54) is 4.90 Å². The molecular formula is C18H16Cl2N2O3S. The fourth-order valence-corrected chi connectivity index (χ4v) is 3.50. The Bertz CT molecular complexity index is 815. The molecule has 1 aliphatic rings. The Balaban J connectivity index is 1.51. The summed E-state index contributed by atoms with van der Waals surface area (Å²) in [6.45, 7) is 0.336. The second kappa shape index (κ2) is 8.66. The number of rotatable bonds is 6. The second-order valence-electron chi connectivity index (χ2n) is 5.53. The van der Waals surface area contributed by atoms with Crippen LogP contribution in [0.15, 0.2) is 47.4 Å². The van der Waals surface area contributed by atoms with Crippen LogP contribution in [0.25, 0.3) is 0 Å². The smallest absolute Gasteiger partial charge is 0.265 e. The summed E-state index contributed by atoms with van der Waals surface area (Å²) in [6.07, 6.45) is 0. The van der Waals surface area contributed by atoms with Crippen molar-refractivity contribution in [3.63, 3.8) is 0 Å². The molecule has 2 amide bonds. The van der Waals surface area contributed by atoms with Crippen molar-refractivity contribution in [3.8, 4) is 5.75 Å². The minimum atomic E-state index is -0.273. The Morgan fingerprint density at radius 2 is 1.88 bits per heavy atom. The van der Waals surface area contributed by atoms with Crippen molar-refractivity contribution in [3.05, 3.63) is 52.5 Å². The summed E-state index contributed by atoms with van der Waals surface area (Å²) in [4.78, 5) is 26.8. The molecule has 2 aromatic rings. The molecule has 0 fully saturated rings. The summed E-state index contributed by atoms with van der Waals surface area (Å²) in [7, 11) is 0. The number of carbonyl (C=O) groups excluding carboxylic acids is 2. The lowest BCUT2D eigenvalue weighted by atomic mass is 10.2. The standard InChI is InChI=1S/C18H16Cl2N2O3S/c19-12-1-4-14(5-2-12)26-8-7-21-17(23)10-22-15-9-13(20)3-6-16(15)25-11-18(22)24/h1-6,9H,7-8,10-11H2,(H,21,23). The predicted molar refractivity (Wildman–Crippen MR) is 104 cm³/mol. The maximum atomic E-state index is 12.2. The normalized spacial score (nSPS) is 13.2. The van der Waals surface area contributed by atoms with E-state index in [4.69, 9.17) is 27.9 Å². The van der Waals surface area contributed by atoms with Gasteiger partial charge in [-0.05, 0) is 42.5 Å². The number of hydrogen-bond donors (Lipinski definition) is 1. The first kappa shape index (κ1) is 18.9. The van der Waals surface area contributed by atoms with Gasteiger partial charge in [-0.25, -0.2) is 0 Å². The Morgan fingerprint density at radius 1 is 1.15 bits per heavy atom. The summed E-state index contributed by atoms with van der Waals surface area (Å²) >= 11 is 13.5. The van der Waals surface area contributed by atoms with Crippen LogP contribution in [0.1, 0.15) is 0 Å². The van der Waals surface area contributed by atoms with Crippen molar-refractivity contribution in [1.82, 2.24) is 5.32 Å². The molecule has 1 aliphatic heterocycles. The maximum Gasteiger partial charge on any atom is 0.265 e. The highest BCUT2D eigenvalue weighted by molar-refractivity contribution is 7.99. The number of fused-ring (bicyclic) bond motifs is 1. The van der Waals surface area contributed by atoms with Gasteiger partial charge in [0, 0.05) is 27.2 Å². The number of nitrogens with one attached hydrogen (secondary N) is 1. The molecule has 0 saturated carbocycles. The molecule has 1 N–H and O–H groups in total. The number of thioether (sulfide) groups is 1. The average Bonchev–Trinajstić information content (AvgIpc) is 2.63. The van der Waals surface area contributed by atoms with Crippen molar-refractivity contribution >= 4 is 52.5 Å². The Hall–Kier alpha value is -1.89. The molecule has 8 heteroatoms. The molecule has 136 valence electrons. The topological polar surface area (TPSA) is 58.6 Å². The van der Waals surface area contributed by atoms with Gasteiger partial charge in [-0.1, -0.05) is 23.2 Å². The molecule has 0 unspecified atom stereocenters. The number of halogens is 2. The highest BCUT2D eigenvalue weighted by Crippen LogP contribution is 2.34. The van der Waals surface area contributed by atoms with Crippen molar-refractivity contribution in [2.24, 2.45) is 0 Å². The molecule has 0 radical (unpaired) electrons. The van der Waals surface area contributed by atoms with Crippen molar-refractivity contribution in [1.29, 1.82) is 0 Å². The predicted octanol–water partition coefficient (Wildman–Crippen LogP) is 3.63. The van der Waals surface area contributed by atoms with E-state index in [1.54, 1.807) is 30.0 Å². The molecule has 26 heavy (non-hydrogen) atoms. The van der Waals surface area contributed by atoms with Crippen LogP contribution >= 0.6 is 35.0 Å². The third-order valence-electron chi connectivity index (χ3n) is 3.67. The summed E-state index contributed by atoms with van der Waals surface area (Å²) in [6, 6.07) is 12.5. The van der Waals surface area contributed by atoms with Gasteiger partial charge in [-0.15, -0.1) is 11.8 Å². The minimum absolute atomic E-state index is 0.0683. The average molecular weight is 411 g/mol. The van der Waals surface area contributed by atoms with Gasteiger partial charge < -0.3 is 10.1 Å². The van der Waals surface area contributed by atoms with Gasteiger partial charge in [0.15, 0.2) is 6.61 Å². The molecule has 2 aromatic carbocycles. The molecule has 0 atom stereocenters. The zero-order valence-corrected chi connectivity index (χ0v) is 16.0. The zero-order chi connectivity index (χ0) is 18.5. The molecule has 3 rings (SSSR count). The van der Waals surface area contributed by atoms with E-state index < -0.39 is 0 Å². The number of benzene rings is 2. The van der Waals surface area contributed by atoms with Crippen LogP contribution in [0, 0.1) is 0 Å². The fraction of sp³-hybridized carbons (Fsp3) is 0.222. The Kier molecular flexibility index (Phi) is 6.29. The quantitative estimate of drug-likeness (QED) is 0.583. The molecule has 0 saturated heterocycles. The van der Waals surface area contributed by atoms with Gasteiger partial charge in [-0.2, -0.15) is 0 Å². The summed E-state index contributed by atoms with van der Waals surface area (Å²) < 4.78 is 5.36. The highest BCUT2D eigenvalue weighted by atomic mass is 35.5. The first-order chi connectivity index (χ1) is 12.5. The van der Waals surface area contributed by atoms with E-state index in [2.05, 4.69) is 5.32 Å². The Morgan fingerprint density at radius 3 is 2.65 bits per heavy atom. The molecule has 0 aromatic heterocycles. The zero-order valence-electron chi connectivity index (χ0n) is 13.7. The van der Waals surface area contributed by atoms with Crippen LogP contribution in [0.4, 0.5) is 5.69 Å². The lowest BCUT2D eigenvalue weighted by molar-refractivity contribution is -0.125. The van der Waals surface area contributed by atoms with E-state index in [9.17, 15) is 9.59 Å². The molecule has 0 aliphatic carbocycles. The number of nitrogens with zero attached hydrogens (tertiary/aromatic N) is 1. The minimum Gasteiger partial charge on any atom is -0.482 e. The third kappa shape index (κ3) is 4.84. The lowest BCUT2D eigenvalue weighted by Gasteiger charge is -2.29. The molecular weight excluding hydrogens is 395 g/mol. The van der Waals surface area contributed by atoms with E-state index >= 15 is 0 Å². The van der Waals surface area contributed by atoms with Crippen molar-refractivity contribution in [2.45, 2.75) is 4.90 Å². The van der Waals surface area contributed by atoms with Crippen molar-refractivity contribution in [2.75, 3.05) is 30.3 Å². The monoisotopic (exact) mass is 410 g/mol. The van der Waals surface area contributed by atoms with E-state index in [1.807, 2.05) is 24.3 Å². The van der Waals surface area contributed by atoms with Crippen LogP contribution in [0.3, 0.4) is 0 Å². The highest BCUT2D eigenvalue weighted by Gasteiger charge is 2.27. The van der Waals surface area contributed by atoms with Crippen LogP contribution in [-0.2, 0) is 9.59 Å². The lowest BCUT2D eigenvalue weighted by Crippen LogP contribution is -2.45. The van der Waals surface area contributed by atoms with Gasteiger partial charge in [-0.3, -0.25) is 14.5 Å². The molecule has 1 heterocycles. The Labute approximate surface area is 165 Å². The fourth-order valence-electron chi connectivity index (χ4n) is 2.44. The number of anilines is 1. The van der Waals surface area contributed by atoms with Crippen LogP contribution < -0.4 is 15.0 Å². The SMILES string of the molecule is O=C(CN1C(=O)COc2ccc(Cl)cc21)NCCSc1ccc(Cl)cc1. The van der Waals surface area contributed by atoms with Gasteiger partial charge in [0.2, 0.25) is 5.91 Å². The van der Waals surface area contributed by atoms with E-state index in [0.717, 1.165) is 4.90 Å². The summed E-state index contributed by atoms with van der Waals surface area (Å²) in [5.74, 6) is 0.751. The molecule has 5 nitrogen and oxygen atoms in total. The first-order valence-electron chi connectivity index (χ1n) is 7.91. The largest absolute Gasteiger partial charge is 0.482 e. The number of amides is 2. The number of hydrogen-bond acceptors (Lipinski definition) is 4. The van der Waals surface area contributed by atoms with Crippen LogP contribution in [0.5, 0.6) is 5.75 Å². The van der Waals surface area contributed by atoms with Crippen molar-refractivity contribution < 1.29 is 14.3 Å². The number of carbonyl (C=O) groups is 2. The maximum absolute atomic E-state index is 12.2. The first-order valence-corrected chi connectivity index (χ1v) is 9.65. The number of ether oxygens (including phenoxy) is 1. The second-order valence-corrected chi connectivity index (χ2v) is 7.57. The summed E-state index contributed by atoms with van der Waals surface area (Å²) in [5, 5.41) is 4.00. The molecule has 0 bridgehead atoms. The van der Waals surface area contributed by atoms with E-state index in [-0.39, 0.29) is 25.0 Å². The van der Waals surface area contributed by atoms with E-state index in [0.29, 0.717) is 33.8 Å². The van der Waals surface area contributed by atoms with Gasteiger partial charge in [0.05, 0.1) is 5.69 Å². The van der Waals surface area contributed by atoms with Crippen LogP contribution in [-0.4, -0.2) is 37.3 Å².